The van der Waals surface area contributed by atoms with E-state index < -0.39 is 0 Å². The van der Waals surface area contributed by atoms with Gasteiger partial charge in [0.15, 0.2) is 0 Å². The second-order valence-electron chi connectivity index (χ2n) is 6.07. The molecule has 118 valence electrons. The van der Waals surface area contributed by atoms with Crippen LogP contribution in [0.5, 0.6) is 5.75 Å². The SMILES string of the molecule is N#Cc1ccccc1Cc1c(O)cccc1N1CCC[C@@H](N)C1. The monoisotopic (exact) mass is 307 g/mol. The smallest absolute Gasteiger partial charge is 0.121 e. The van der Waals surface area contributed by atoms with Gasteiger partial charge in [-0.3, -0.25) is 0 Å². The van der Waals surface area contributed by atoms with Crippen LogP contribution in [0.15, 0.2) is 42.5 Å². The Hall–Kier alpha value is -2.51. The van der Waals surface area contributed by atoms with Gasteiger partial charge >= 0.3 is 0 Å². The number of anilines is 1. The number of nitrogens with zero attached hydrogens (tertiary/aromatic N) is 2. The minimum atomic E-state index is 0.172. The third-order valence-electron chi connectivity index (χ3n) is 4.43. The van der Waals surface area contributed by atoms with E-state index in [1.807, 2.05) is 36.4 Å². The Morgan fingerprint density at radius 3 is 2.83 bits per heavy atom. The number of aromatic hydroxyl groups is 1. The van der Waals surface area contributed by atoms with Gasteiger partial charge < -0.3 is 15.7 Å². The molecule has 4 nitrogen and oxygen atoms in total. The lowest BCUT2D eigenvalue weighted by molar-refractivity contribution is 0.466. The van der Waals surface area contributed by atoms with Crippen LogP contribution in [0.1, 0.15) is 29.5 Å². The fraction of sp³-hybridized carbons (Fsp3) is 0.316. The summed E-state index contributed by atoms with van der Waals surface area (Å²) in [7, 11) is 0. The maximum Gasteiger partial charge on any atom is 0.121 e. The van der Waals surface area contributed by atoms with E-state index >= 15 is 0 Å². The Bertz CT molecular complexity index is 736. The lowest BCUT2D eigenvalue weighted by Crippen LogP contribution is -2.43. The summed E-state index contributed by atoms with van der Waals surface area (Å²) in [6, 6.07) is 15.5. The molecule has 0 spiro atoms. The Balaban J connectivity index is 1.97. The van der Waals surface area contributed by atoms with Crippen molar-refractivity contribution in [3.8, 4) is 11.8 Å². The number of benzene rings is 2. The summed E-state index contributed by atoms with van der Waals surface area (Å²) in [6.45, 7) is 1.75. The van der Waals surface area contributed by atoms with Crippen LogP contribution in [0, 0.1) is 11.3 Å². The summed E-state index contributed by atoms with van der Waals surface area (Å²) in [5, 5.41) is 19.7. The van der Waals surface area contributed by atoms with Crippen molar-refractivity contribution in [1.29, 1.82) is 5.26 Å². The first-order valence-electron chi connectivity index (χ1n) is 7.98. The van der Waals surface area contributed by atoms with Crippen molar-refractivity contribution in [3.63, 3.8) is 0 Å². The van der Waals surface area contributed by atoms with Gasteiger partial charge in [0.2, 0.25) is 0 Å². The van der Waals surface area contributed by atoms with Crippen LogP contribution < -0.4 is 10.6 Å². The maximum atomic E-state index is 10.4. The Morgan fingerprint density at radius 1 is 1.22 bits per heavy atom. The van der Waals surface area contributed by atoms with Crippen LogP contribution in [0.2, 0.25) is 0 Å². The summed E-state index contributed by atoms with van der Waals surface area (Å²) in [5.41, 5.74) is 9.57. The standard InChI is InChI=1S/C19H21N3O/c20-12-15-6-2-1-5-14(15)11-17-18(8-3-9-19(17)23)22-10-4-7-16(21)13-22/h1-3,5-6,8-9,16,23H,4,7,10-11,13,21H2/t16-/m1/s1. The molecule has 1 heterocycles. The summed E-state index contributed by atoms with van der Waals surface area (Å²) in [5.74, 6) is 0.273. The lowest BCUT2D eigenvalue weighted by atomic mass is 9.96. The number of rotatable bonds is 3. The van der Waals surface area contributed by atoms with Crippen LogP contribution in [0.4, 0.5) is 5.69 Å². The summed E-state index contributed by atoms with van der Waals surface area (Å²) in [6.07, 6.45) is 2.64. The highest BCUT2D eigenvalue weighted by Crippen LogP contribution is 2.32. The van der Waals surface area contributed by atoms with E-state index in [9.17, 15) is 10.4 Å². The molecule has 4 heteroatoms. The van der Waals surface area contributed by atoms with Crippen LogP contribution in [-0.2, 0) is 6.42 Å². The van der Waals surface area contributed by atoms with Gasteiger partial charge in [0.05, 0.1) is 11.6 Å². The zero-order chi connectivity index (χ0) is 16.2. The minimum Gasteiger partial charge on any atom is -0.508 e. The number of nitriles is 1. The van der Waals surface area contributed by atoms with E-state index in [0.29, 0.717) is 12.0 Å². The summed E-state index contributed by atoms with van der Waals surface area (Å²) in [4.78, 5) is 2.25. The van der Waals surface area contributed by atoms with Crippen LogP contribution in [0.25, 0.3) is 0 Å². The number of piperidine rings is 1. The molecule has 1 aliphatic rings. The number of nitrogens with two attached hydrogens (primary N) is 1. The molecule has 0 aromatic heterocycles. The van der Waals surface area contributed by atoms with Gasteiger partial charge in [0.1, 0.15) is 5.75 Å². The van der Waals surface area contributed by atoms with E-state index in [1.54, 1.807) is 6.07 Å². The van der Waals surface area contributed by atoms with Crippen molar-refractivity contribution < 1.29 is 5.11 Å². The first-order valence-corrected chi connectivity index (χ1v) is 7.98. The molecular weight excluding hydrogens is 286 g/mol. The van der Waals surface area contributed by atoms with Gasteiger partial charge in [-0.1, -0.05) is 24.3 Å². The van der Waals surface area contributed by atoms with Gasteiger partial charge in [-0.15, -0.1) is 0 Å². The van der Waals surface area contributed by atoms with Crippen molar-refractivity contribution >= 4 is 5.69 Å². The van der Waals surface area contributed by atoms with E-state index in [1.165, 1.54) is 0 Å². The van der Waals surface area contributed by atoms with E-state index in [2.05, 4.69) is 11.0 Å². The average molecular weight is 307 g/mol. The zero-order valence-electron chi connectivity index (χ0n) is 13.1. The maximum absolute atomic E-state index is 10.4. The van der Waals surface area contributed by atoms with Gasteiger partial charge in [0, 0.05) is 36.8 Å². The van der Waals surface area contributed by atoms with E-state index in [0.717, 1.165) is 42.7 Å². The number of phenols is 1. The van der Waals surface area contributed by atoms with Crippen LogP contribution in [0.3, 0.4) is 0 Å². The van der Waals surface area contributed by atoms with Gasteiger partial charge in [-0.2, -0.15) is 5.26 Å². The van der Waals surface area contributed by atoms with Crippen molar-refractivity contribution in [2.45, 2.75) is 25.3 Å². The summed E-state index contributed by atoms with van der Waals surface area (Å²) < 4.78 is 0. The molecule has 3 N–H and O–H groups in total. The number of phenolic OH excluding ortho intramolecular Hbond substituents is 1. The Kier molecular flexibility index (Phi) is 4.50. The first kappa shape index (κ1) is 15.4. The third-order valence-corrected chi connectivity index (χ3v) is 4.43. The van der Waals surface area contributed by atoms with Crippen molar-refractivity contribution in [1.82, 2.24) is 0 Å². The van der Waals surface area contributed by atoms with Gasteiger partial charge in [-0.25, -0.2) is 0 Å². The lowest BCUT2D eigenvalue weighted by Gasteiger charge is -2.34. The number of hydrogen-bond acceptors (Lipinski definition) is 4. The molecule has 0 aliphatic carbocycles. The topological polar surface area (TPSA) is 73.3 Å². The van der Waals surface area contributed by atoms with Crippen molar-refractivity contribution in [3.05, 3.63) is 59.2 Å². The predicted octanol–water partition coefficient (Wildman–Crippen LogP) is 2.78. The normalized spacial score (nSPS) is 17.7. The highest BCUT2D eigenvalue weighted by molar-refractivity contribution is 5.61. The van der Waals surface area contributed by atoms with Crippen molar-refractivity contribution in [2.75, 3.05) is 18.0 Å². The molecule has 3 rings (SSSR count). The zero-order valence-corrected chi connectivity index (χ0v) is 13.1. The molecule has 0 unspecified atom stereocenters. The van der Waals surface area contributed by atoms with Crippen LogP contribution >= 0.6 is 0 Å². The average Bonchev–Trinajstić information content (AvgIpc) is 2.57. The Labute approximate surface area is 136 Å². The van der Waals surface area contributed by atoms with Gasteiger partial charge in [-0.05, 0) is 36.6 Å². The minimum absolute atomic E-state index is 0.172. The molecular formula is C19H21N3O. The fourth-order valence-electron chi connectivity index (χ4n) is 3.24. The van der Waals surface area contributed by atoms with Gasteiger partial charge in [0.25, 0.3) is 0 Å². The molecule has 1 fully saturated rings. The molecule has 1 saturated heterocycles. The molecule has 23 heavy (non-hydrogen) atoms. The molecule has 2 aromatic carbocycles. The quantitative estimate of drug-likeness (QED) is 0.914. The molecule has 0 radical (unpaired) electrons. The Morgan fingerprint density at radius 2 is 2.04 bits per heavy atom. The van der Waals surface area contributed by atoms with Crippen LogP contribution in [-0.4, -0.2) is 24.2 Å². The molecule has 0 amide bonds. The first-order chi connectivity index (χ1) is 11.2. The number of hydrogen-bond donors (Lipinski definition) is 2. The highest BCUT2D eigenvalue weighted by atomic mass is 16.3. The second kappa shape index (κ2) is 6.72. The molecule has 0 bridgehead atoms. The molecule has 2 aromatic rings. The largest absolute Gasteiger partial charge is 0.508 e. The molecule has 1 aliphatic heterocycles. The highest BCUT2D eigenvalue weighted by Gasteiger charge is 2.21. The molecule has 1 atom stereocenters. The second-order valence-corrected chi connectivity index (χ2v) is 6.07. The van der Waals surface area contributed by atoms with E-state index in [4.69, 9.17) is 5.73 Å². The van der Waals surface area contributed by atoms with E-state index in [-0.39, 0.29) is 11.8 Å². The molecule has 0 saturated carbocycles. The third kappa shape index (κ3) is 3.30. The predicted molar refractivity (Wildman–Crippen MR) is 91.5 cm³/mol. The van der Waals surface area contributed by atoms with Crippen molar-refractivity contribution in [2.24, 2.45) is 5.73 Å². The summed E-state index contributed by atoms with van der Waals surface area (Å²) >= 11 is 0. The fourth-order valence-corrected chi connectivity index (χ4v) is 3.24.